The van der Waals surface area contributed by atoms with Gasteiger partial charge in [-0.05, 0) is 73.9 Å². The summed E-state index contributed by atoms with van der Waals surface area (Å²) in [5.74, 6) is 1.37. The number of aryl methyl sites for hydroxylation is 1. The van der Waals surface area contributed by atoms with Crippen LogP contribution < -0.4 is 4.74 Å². The first-order valence-corrected chi connectivity index (χ1v) is 11.5. The van der Waals surface area contributed by atoms with E-state index in [2.05, 4.69) is 16.2 Å². The molecule has 0 unspecified atom stereocenters. The summed E-state index contributed by atoms with van der Waals surface area (Å²) >= 11 is 1.26. The molecule has 0 aliphatic carbocycles. The molecule has 1 aliphatic rings. The molecule has 1 amide bonds. The van der Waals surface area contributed by atoms with E-state index in [1.54, 1.807) is 19.4 Å². The second kappa shape index (κ2) is 9.51. The van der Waals surface area contributed by atoms with Crippen LogP contribution in [0.3, 0.4) is 0 Å². The van der Waals surface area contributed by atoms with Crippen LogP contribution in [0, 0.1) is 32.1 Å². The molecule has 0 radical (unpaired) electrons. The summed E-state index contributed by atoms with van der Waals surface area (Å²) in [5, 5.41) is 16.3. The third kappa shape index (κ3) is 4.50. The largest absolute Gasteiger partial charge is 0.497 e. The molecule has 7 nitrogen and oxygen atoms in total. The van der Waals surface area contributed by atoms with Crippen molar-refractivity contribution >= 4 is 23.4 Å². The maximum atomic E-state index is 13.3. The fourth-order valence-corrected chi connectivity index (χ4v) is 4.68. The van der Waals surface area contributed by atoms with Gasteiger partial charge in [-0.3, -0.25) is 4.79 Å². The van der Waals surface area contributed by atoms with Crippen LogP contribution in [0.15, 0.2) is 57.2 Å². The Balaban J connectivity index is 1.59. The van der Waals surface area contributed by atoms with Gasteiger partial charge in [0.1, 0.15) is 28.6 Å². The lowest BCUT2D eigenvalue weighted by atomic mass is 10.0. The second-order valence-corrected chi connectivity index (χ2v) is 8.74. The smallest absolute Gasteiger partial charge is 0.253 e. The SMILES string of the molecule is COc1ccc(C2=NN(C(=O)CSc3nc(C)c(C)c(C)c3C#N)[C@@H](c3ccco3)C2)cc1. The summed E-state index contributed by atoms with van der Waals surface area (Å²) in [4.78, 5) is 17.8. The number of hydrazone groups is 1. The van der Waals surface area contributed by atoms with Gasteiger partial charge in [0, 0.05) is 12.1 Å². The maximum Gasteiger partial charge on any atom is 0.253 e. The van der Waals surface area contributed by atoms with Crippen molar-refractivity contribution in [3.05, 3.63) is 76.4 Å². The first-order valence-electron chi connectivity index (χ1n) is 10.5. The van der Waals surface area contributed by atoms with Crippen molar-refractivity contribution in [3.63, 3.8) is 0 Å². The maximum absolute atomic E-state index is 13.3. The van der Waals surface area contributed by atoms with Gasteiger partial charge in [0.15, 0.2) is 0 Å². The van der Waals surface area contributed by atoms with Crippen LogP contribution in [-0.2, 0) is 4.79 Å². The number of pyridine rings is 1. The molecule has 168 valence electrons. The molecule has 8 heteroatoms. The van der Waals surface area contributed by atoms with Crippen molar-refractivity contribution in [1.82, 2.24) is 9.99 Å². The minimum Gasteiger partial charge on any atom is -0.497 e. The van der Waals surface area contributed by atoms with Crippen molar-refractivity contribution in [1.29, 1.82) is 5.26 Å². The molecule has 0 saturated carbocycles. The summed E-state index contributed by atoms with van der Waals surface area (Å²) in [5.41, 5.74) is 4.99. The number of hydrogen-bond donors (Lipinski definition) is 0. The summed E-state index contributed by atoms with van der Waals surface area (Å²) in [7, 11) is 1.62. The van der Waals surface area contributed by atoms with Gasteiger partial charge in [-0.15, -0.1) is 0 Å². The van der Waals surface area contributed by atoms with Gasteiger partial charge in [0.05, 0.1) is 30.4 Å². The van der Waals surface area contributed by atoms with Gasteiger partial charge in [-0.1, -0.05) is 11.8 Å². The number of carbonyl (C=O) groups is 1. The molecule has 1 aliphatic heterocycles. The monoisotopic (exact) mass is 460 g/mol. The quantitative estimate of drug-likeness (QED) is 0.483. The molecule has 2 aromatic heterocycles. The highest BCUT2D eigenvalue weighted by atomic mass is 32.2. The van der Waals surface area contributed by atoms with Gasteiger partial charge in [0.25, 0.3) is 5.91 Å². The van der Waals surface area contributed by atoms with E-state index in [0.29, 0.717) is 22.8 Å². The number of carbonyl (C=O) groups excluding carboxylic acids is 1. The van der Waals surface area contributed by atoms with E-state index in [4.69, 9.17) is 9.15 Å². The Morgan fingerprint density at radius 2 is 2.00 bits per heavy atom. The van der Waals surface area contributed by atoms with E-state index in [1.165, 1.54) is 16.8 Å². The number of nitriles is 1. The van der Waals surface area contributed by atoms with E-state index in [9.17, 15) is 10.1 Å². The molecule has 33 heavy (non-hydrogen) atoms. The van der Waals surface area contributed by atoms with E-state index in [0.717, 1.165) is 33.8 Å². The van der Waals surface area contributed by atoms with Crippen LogP contribution in [0.1, 0.15) is 46.2 Å². The fraction of sp³-hybridized carbons (Fsp3) is 0.280. The molecule has 0 N–H and O–H groups in total. The molecule has 1 aromatic carbocycles. The Bertz CT molecular complexity index is 1240. The highest BCUT2D eigenvalue weighted by molar-refractivity contribution is 8.00. The third-order valence-electron chi connectivity index (χ3n) is 5.87. The zero-order valence-electron chi connectivity index (χ0n) is 19.0. The molecule has 0 saturated heterocycles. The van der Waals surface area contributed by atoms with Crippen molar-refractivity contribution < 1.29 is 13.9 Å². The Kier molecular flexibility index (Phi) is 6.52. The number of benzene rings is 1. The van der Waals surface area contributed by atoms with Crippen LogP contribution in [0.5, 0.6) is 5.75 Å². The Morgan fingerprint density at radius 1 is 1.24 bits per heavy atom. The number of ether oxygens (including phenoxy) is 1. The van der Waals surface area contributed by atoms with Crippen LogP contribution in [-0.4, -0.2) is 34.5 Å². The standard InChI is InChI=1S/C25H24N4O3S/c1-15-16(2)20(13-26)25(27-17(15)3)33-14-24(30)29-22(23-6-5-11-32-23)12-21(28-29)18-7-9-19(31-4)10-8-18/h5-11,22H,12,14H2,1-4H3/t22-/m1/s1. The van der Waals surface area contributed by atoms with Crippen molar-refractivity contribution in [3.8, 4) is 11.8 Å². The first-order chi connectivity index (χ1) is 15.9. The third-order valence-corrected chi connectivity index (χ3v) is 6.83. The highest BCUT2D eigenvalue weighted by Crippen LogP contribution is 2.35. The number of aromatic nitrogens is 1. The summed E-state index contributed by atoms with van der Waals surface area (Å²) in [6, 6.07) is 13.2. The minimum absolute atomic E-state index is 0.111. The Hall–Kier alpha value is -3.57. The molecule has 0 fully saturated rings. The minimum atomic E-state index is -0.324. The molecule has 3 heterocycles. The van der Waals surface area contributed by atoms with E-state index in [-0.39, 0.29) is 17.7 Å². The zero-order valence-corrected chi connectivity index (χ0v) is 19.8. The number of methoxy groups -OCH3 is 1. The van der Waals surface area contributed by atoms with Crippen LogP contribution >= 0.6 is 11.8 Å². The Labute approximate surface area is 197 Å². The lowest BCUT2D eigenvalue weighted by Crippen LogP contribution is -2.28. The molecule has 4 rings (SSSR count). The van der Waals surface area contributed by atoms with Crippen molar-refractivity contribution in [2.24, 2.45) is 5.10 Å². The molecule has 1 atom stereocenters. The highest BCUT2D eigenvalue weighted by Gasteiger charge is 2.35. The number of rotatable bonds is 6. The van der Waals surface area contributed by atoms with E-state index < -0.39 is 0 Å². The van der Waals surface area contributed by atoms with Gasteiger partial charge < -0.3 is 9.15 Å². The van der Waals surface area contributed by atoms with Crippen LogP contribution in [0.2, 0.25) is 0 Å². The van der Waals surface area contributed by atoms with Gasteiger partial charge >= 0.3 is 0 Å². The molecule has 3 aromatic rings. The van der Waals surface area contributed by atoms with Crippen LogP contribution in [0.25, 0.3) is 0 Å². The lowest BCUT2D eigenvalue weighted by molar-refractivity contribution is -0.130. The predicted octanol–water partition coefficient (Wildman–Crippen LogP) is 4.95. The Morgan fingerprint density at radius 3 is 2.64 bits per heavy atom. The number of amides is 1. The predicted molar refractivity (Wildman–Crippen MR) is 126 cm³/mol. The number of thioether (sulfide) groups is 1. The first kappa shape index (κ1) is 22.6. The molecule has 0 spiro atoms. The van der Waals surface area contributed by atoms with E-state index in [1.807, 2.05) is 51.1 Å². The zero-order chi connectivity index (χ0) is 23.5. The number of hydrogen-bond acceptors (Lipinski definition) is 7. The lowest BCUT2D eigenvalue weighted by Gasteiger charge is -2.20. The summed E-state index contributed by atoms with van der Waals surface area (Å²) in [6.07, 6.45) is 2.14. The van der Waals surface area contributed by atoms with Crippen molar-refractivity contribution in [2.75, 3.05) is 12.9 Å². The average molecular weight is 461 g/mol. The normalized spacial score (nSPS) is 15.3. The number of furan rings is 1. The fourth-order valence-electron chi connectivity index (χ4n) is 3.74. The van der Waals surface area contributed by atoms with E-state index >= 15 is 0 Å². The molecular weight excluding hydrogens is 436 g/mol. The molecular formula is C25H24N4O3S. The topological polar surface area (TPSA) is 91.7 Å². The van der Waals surface area contributed by atoms with Crippen LogP contribution in [0.4, 0.5) is 0 Å². The summed E-state index contributed by atoms with van der Waals surface area (Å²) in [6.45, 7) is 5.77. The second-order valence-electron chi connectivity index (χ2n) is 7.78. The summed E-state index contributed by atoms with van der Waals surface area (Å²) < 4.78 is 10.9. The van der Waals surface area contributed by atoms with Gasteiger partial charge in [0.2, 0.25) is 0 Å². The van der Waals surface area contributed by atoms with Gasteiger partial charge in [-0.2, -0.15) is 10.4 Å². The van der Waals surface area contributed by atoms with Gasteiger partial charge in [-0.25, -0.2) is 9.99 Å². The molecule has 0 bridgehead atoms. The average Bonchev–Trinajstić information content (AvgIpc) is 3.51. The van der Waals surface area contributed by atoms with Crippen molar-refractivity contribution in [2.45, 2.75) is 38.3 Å². The number of nitrogens with zero attached hydrogens (tertiary/aromatic N) is 4.